The van der Waals surface area contributed by atoms with Crippen LogP contribution in [-0.4, -0.2) is 19.0 Å². The molecule has 5 nitrogen and oxygen atoms in total. The second-order valence-electron chi connectivity index (χ2n) is 6.11. The van der Waals surface area contributed by atoms with Crippen LogP contribution in [0.5, 0.6) is 11.5 Å². The molecule has 5 heteroatoms. The molecular formula is C24H20O5. The maximum absolute atomic E-state index is 12.2. The van der Waals surface area contributed by atoms with E-state index in [-0.39, 0.29) is 6.61 Å². The van der Waals surface area contributed by atoms with Crippen LogP contribution < -0.4 is 9.47 Å². The predicted octanol–water partition coefficient (Wildman–Crippen LogP) is 4.67. The fourth-order valence-electron chi connectivity index (χ4n) is 2.48. The number of carbonyl (C=O) groups is 2. The molecule has 146 valence electrons. The maximum atomic E-state index is 12.2. The van der Waals surface area contributed by atoms with Crippen LogP contribution in [0.3, 0.4) is 0 Å². The Morgan fingerprint density at radius 1 is 0.828 bits per heavy atom. The Labute approximate surface area is 169 Å². The van der Waals surface area contributed by atoms with Gasteiger partial charge in [-0.15, -0.1) is 0 Å². The summed E-state index contributed by atoms with van der Waals surface area (Å²) in [5.74, 6) is 0.193. The summed E-state index contributed by atoms with van der Waals surface area (Å²) in [5.41, 5.74) is 2.14. The minimum Gasteiger partial charge on any atom is -0.497 e. The lowest BCUT2D eigenvalue weighted by molar-refractivity contribution is -0.138. The molecule has 0 saturated heterocycles. The zero-order valence-electron chi connectivity index (χ0n) is 15.9. The van der Waals surface area contributed by atoms with Gasteiger partial charge in [0.25, 0.3) is 0 Å². The molecule has 3 rings (SSSR count). The molecule has 0 heterocycles. The van der Waals surface area contributed by atoms with Gasteiger partial charge in [0.2, 0.25) is 0 Å². The normalized spacial score (nSPS) is 10.5. The molecule has 29 heavy (non-hydrogen) atoms. The van der Waals surface area contributed by atoms with Crippen LogP contribution in [-0.2, 0) is 16.1 Å². The molecule has 0 amide bonds. The third-order valence-electron chi connectivity index (χ3n) is 4.05. The van der Waals surface area contributed by atoms with Crippen LogP contribution in [0.4, 0.5) is 0 Å². The summed E-state index contributed by atoms with van der Waals surface area (Å²) < 4.78 is 15.6. The summed E-state index contributed by atoms with van der Waals surface area (Å²) in [6, 6.07) is 23.0. The van der Waals surface area contributed by atoms with E-state index in [1.54, 1.807) is 61.7 Å². The van der Waals surface area contributed by atoms with Crippen molar-refractivity contribution in [2.45, 2.75) is 6.61 Å². The van der Waals surface area contributed by atoms with Crippen molar-refractivity contribution in [1.29, 1.82) is 0 Å². The third kappa shape index (κ3) is 6.07. The minimum absolute atomic E-state index is 0.226. The van der Waals surface area contributed by atoms with Gasteiger partial charge in [-0.05, 0) is 53.6 Å². The van der Waals surface area contributed by atoms with Gasteiger partial charge in [-0.2, -0.15) is 0 Å². The van der Waals surface area contributed by atoms with Gasteiger partial charge < -0.3 is 14.2 Å². The van der Waals surface area contributed by atoms with Gasteiger partial charge in [0.05, 0.1) is 12.7 Å². The largest absolute Gasteiger partial charge is 0.497 e. The molecule has 0 radical (unpaired) electrons. The molecule has 0 spiro atoms. The molecule has 0 bridgehead atoms. The van der Waals surface area contributed by atoms with Crippen LogP contribution in [0.1, 0.15) is 21.5 Å². The first-order valence-electron chi connectivity index (χ1n) is 8.99. The summed E-state index contributed by atoms with van der Waals surface area (Å²) >= 11 is 0. The Hall–Kier alpha value is -3.86. The number of carbonyl (C=O) groups excluding carboxylic acids is 2. The fourth-order valence-corrected chi connectivity index (χ4v) is 2.48. The number of rotatable bonds is 7. The van der Waals surface area contributed by atoms with Crippen LogP contribution in [0.15, 0.2) is 84.9 Å². The van der Waals surface area contributed by atoms with Gasteiger partial charge in [-0.25, -0.2) is 9.59 Å². The van der Waals surface area contributed by atoms with E-state index in [9.17, 15) is 9.59 Å². The topological polar surface area (TPSA) is 61.8 Å². The van der Waals surface area contributed by atoms with E-state index >= 15 is 0 Å². The van der Waals surface area contributed by atoms with Crippen molar-refractivity contribution >= 4 is 18.0 Å². The van der Waals surface area contributed by atoms with Crippen molar-refractivity contribution in [3.05, 3.63) is 102 Å². The highest BCUT2D eigenvalue weighted by Crippen LogP contribution is 2.17. The zero-order chi connectivity index (χ0) is 20.5. The van der Waals surface area contributed by atoms with Gasteiger partial charge in [-0.3, -0.25) is 0 Å². The van der Waals surface area contributed by atoms with Crippen LogP contribution in [0, 0.1) is 0 Å². The molecule has 0 N–H and O–H groups in total. The number of benzene rings is 3. The first-order valence-corrected chi connectivity index (χ1v) is 8.99. The number of esters is 2. The second-order valence-corrected chi connectivity index (χ2v) is 6.11. The summed E-state index contributed by atoms with van der Waals surface area (Å²) in [6.45, 7) is 0.226. The first-order chi connectivity index (χ1) is 14.1. The molecule has 0 aromatic heterocycles. The Balaban J connectivity index is 1.51. The number of hydrogen-bond acceptors (Lipinski definition) is 5. The van der Waals surface area contributed by atoms with E-state index in [2.05, 4.69) is 0 Å². The summed E-state index contributed by atoms with van der Waals surface area (Å²) in [5, 5.41) is 0. The van der Waals surface area contributed by atoms with Crippen molar-refractivity contribution in [2.24, 2.45) is 0 Å². The molecular weight excluding hydrogens is 368 g/mol. The van der Waals surface area contributed by atoms with Crippen LogP contribution in [0.2, 0.25) is 0 Å². The van der Waals surface area contributed by atoms with Gasteiger partial charge in [-0.1, -0.05) is 42.5 Å². The number of ether oxygens (including phenoxy) is 3. The highest BCUT2D eigenvalue weighted by atomic mass is 16.5. The number of methoxy groups -OCH3 is 1. The molecule has 0 aliphatic heterocycles. The lowest BCUT2D eigenvalue weighted by atomic mass is 10.2. The first kappa shape index (κ1) is 19.9. The van der Waals surface area contributed by atoms with E-state index in [1.165, 1.54) is 6.08 Å². The van der Waals surface area contributed by atoms with Gasteiger partial charge in [0.15, 0.2) is 0 Å². The van der Waals surface area contributed by atoms with Crippen molar-refractivity contribution < 1.29 is 23.8 Å². The third-order valence-corrected chi connectivity index (χ3v) is 4.05. The highest BCUT2D eigenvalue weighted by molar-refractivity contribution is 5.91. The van der Waals surface area contributed by atoms with Crippen molar-refractivity contribution in [2.75, 3.05) is 7.11 Å². The smallest absolute Gasteiger partial charge is 0.343 e. The van der Waals surface area contributed by atoms with E-state index in [0.717, 1.165) is 11.1 Å². The molecule has 0 saturated carbocycles. The Bertz CT molecular complexity index is 974. The SMILES string of the molecule is COc1ccc(C(=O)Oc2ccc(/C=C/C(=O)OCc3ccccc3)cc2)cc1. The molecule has 0 fully saturated rings. The highest BCUT2D eigenvalue weighted by Gasteiger charge is 2.08. The standard InChI is InChI=1S/C24H20O5/c1-27-21-14-10-20(11-15-21)24(26)29-22-12-7-18(8-13-22)9-16-23(25)28-17-19-5-3-2-4-6-19/h2-16H,17H2,1H3/b16-9+. The minimum atomic E-state index is -0.458. The van der Waals surface area contributed by atoms with Crippen LogP contribution in [0.25, 0.3) is 6.08 Å². The van der Waals surface area contributed by atoms with Crippen molar-refractivity contribution in [3.8, 4) is 11.5 Å². The number of hydrogen-bond donors (Lipinski definition) is 0. The predicted molar refractivity (Wildman–Crippen MR) is 110 cm³/mol. The average molecular weight is 388 g/mol. The van der Waals surface area contributed by atoms with E-state index in [1.807, 2.05) is 30.3 Å². The molecule has 0 aliphatic rings. The maximum Gasteiger partial charge on any atom is 0.343 e. The molecule has 0 aliphatic carbocycles. The van der Waals surface area contributed by atoms with Crippen molar-refractivity contribution in [3.63, 3.8) is 0 Å². The van der Waals surface area contributed by atoms with E-state index in [0.29, 0.717) is 17.1 Å². The van der Waals surface area contributed by atoms with E-state index in [4.69, 9.17) is 14.2 Å². The molecule has 3 aromatic rings. The second kappa shape index (κ2) is 9.90. The fraction of sp³-hybridized carbons (Fsp3) is 0.0833. The lowest BCUT2D eigenvalue weighted by Crippen LogP contribution is -2.08. The van der Waals surface area contributed by atoms with Crippen molar-refractivity contribution in [1.82, 2.24) is 0 Å². The van der Waals surface area contributed by atoms with Gasteiger partial charge in [0, 0.05) is 6.08 Å². The summed E-state index contributed by atoms with van der Waals surface area (Å²) in [4.78, 5) is 24.0. The molecule has 0 unspecified atom stereocenters. The Morgan fingerprint density at radius 2 is 1.48 bits per heavy atom. The zero-order valence-corrected chi connectivity index (χ0v) is 15.9. The Morgan fingerprint density at radius 3 is 2.14 bits per heavy atom. The van der Waals surface area contributed by atoms with E-state index < -0.39 is 11.9 Å². The van der Waals surface area contributed by atoms with Gasteiger partial charge >= 0.3 is 11.9 Å². The van der Waals surface area contributed by atoms with Crippen LogP contribution >= 0.6 is 0 Å². The summed E-state index contributed by atoms with van der Waals surface area (Å²) in [6.07, 6.45) is 3.00. The average Bonchev–Trinajstić information content (AvgIpc) is 2.78. The quantitative estimate of drug-likeness (QED) is 0.334. The molecule has 0 atom stereocenters. The Kier molecular flexibility index (Phi) is 6.79. The summed E-state index contributed by atoms with van der Waals surface area (Å²) in [7, 11) is 1.56. The van der Waals surface area contributed by atoms with Gasteiger partial charge in [0.1, 0.15) is 18.1 Å². The molecule has 3 aromatic carbocycles. The monoisotopic (exact) mass is 388 g/mol. The lowest BCUT2D eigenvalue weighted by Gasteiger charge is -2.05.